The van der Waals surface area contributed by atoms with Crippen LogP contribution in [0.3, 0.4) is 0 Å². The Balaban J connectivity index is 1.75. The smallest absolute Gasteiger partial charge is 0.335 e. The fourth-order valence-corrected chi connectivity index (χ4v) is 3.25. The molecule has 1 aliphatic rings. The molecule has 0 aromatic heterocycles. The van der Waals surface area contributed by atoms with Crippen LogP contribution in [-0.4, -0.2) is 51.4 Å². The van der Waals surface area contributed by atoms with Crippen LogP contribution in [0.5, 0.6) is 0 Å². The van der Waals surface area contributed by atoms with Crippen molar-refractivity contribution < 1.29 is 19.8 Å². The predicted octanol–water partition coefficient (Wildman–Crippen LogP) is 1.23. The van der Waals surface area contributed by atoms with Crippen LogP contribution in [0.25, 0.3) is 0 Å². The lowest BCUT2D eigenvalue weighted by Gasteiger charge is -2.35. The first-order valence-electron chi connectivity index (χ1n) is 7.25. The Kier molecular flexibility index (Phi) is 5.64. The fourth-order valence-electron chi connectivity index (χ4n) is 2.36. The minimum Gasteiger partial charge on any atom is -0.479 e. The van der Waals surface area contributed by atoms with Gasteiger partial charge in [0.05, 0.1) is 17.4 Å². The summed E-state index contributed by atoms with van der Waals surface area (Å²) >= 11 is 1.47. The summed E-state index contributed by atoms with van der Waals surface area (Å²) in [6, 6.07) is 9.28. The number of nitriles is 1. The number of nitrogens with zero attached hydrogens (tertiary/aromatic N) is 2. The molecule has 1 aromatic carbocycles. The number of aliphatic hydroxyl groups is 1. The third kappa shape index (κ3) is 4.47. The van der Waals surface area contributed by atoms with Gasteiger partial charge >= 0.3 is 5.97 Å². The highest BCUT2D eigenvalue weighted by atomic mass is 32.2. The Hall–Kier alpha value is -2.04. The SMILES string of the molecule is N#Cc1ccc(CSCC(=O)N2CCC(O)(C(=O)O)CC2)cc1. The molecule has 1 fully saturated rings. The molecule has 0 radical (unpaired) electrons. The van der Waals surface area contributed by atoms with Crippen molar-refractivity contribution in [2.45, 2.75) is 24.2 Å². The molecule has 0 atom stereocenters. The molecule has 23 heavy (non-hydrogen) atoms. The van der Waals surface area contributed by atoms with Crippen molar-refractivity contribution in [1.82, 2.24) is 4.90 Å². The molecule has 1 heterocycles. The molecule has 1 saturated heterocycles. The normalized spacial score (nSPS) is 16.6. The molecule has 1 amide bonds. The van der Waals surface area contributed by atoms with E-state index < -0.39 is 11.6 Å². The molecule has 0 unspecified atom stereocenters. The van der Waals surface area contributed by atoms with Gasteiger partial charge in [-0.25, -0.2) is 4.79 Å². The van der Waals surface area contributed by atoms with Crippen LogP contribution in [-0.2, 0) is 15.3 Å². The van der Waals surface area contributed by atoms with E-state index in [4.69, 9.17) is 10.4 Å². The summed E-state index contributed by atoms with van der Waals surface area (Å²) in [4.78, 5) is 24.7. The van der Waals surface area contributed by atoms with Gasteiger partial charge in [0.15, 0.2) is 5.60 Å². The molecular weight excluding hydrogens is 316 g/mol. The van der Waals surface area contributed by atoms with E-state index in [1.165, 1.54) is 11.8 Å². The van der Waals surface area contributed by atoms with Crippen molar-refractivity contribution in [3.63, 3.8) is 0 Å². The molecule has 7 heteroatoms. The van der Waals surface area contributed by atoms with Crippen LogP contribution in [0, 0.1) is 11.3 Å². The maximum atomic E-state index is 12.1. The molecule has 6 nitrogen and oxygen atoms in total. The van der Waals surface area contributed by atoms with Crippen LogP contribution in [0.15, 0.2) is 24.3 Å². The van der Waals surface area contributed by atoms with E-state index in [-0.39, 0.29) is 31.8 Å². The topological polar surface area (TPSA) is 102 Å². The fraction of sp³-hybridized carbons (Fsp3) is 0.438. The molecule has 0 aliphatic carbocycles. The number of carboxylic acids is 1. The number of carboxylic acid groups (broad SMARTS) is 1. The van der Waals surface area contributed by atoms with Crippen LogP contribution in [0.2, 0.25) is 0 Å². The Morgan fingerprint density at radius 3 is 2.39 bits per heavy atom. The van der Waals surface area contributed by atoms with Crippen LogP contribution < -0.4 is 0 Å². The number of piperidine rings is 1. The van der Waals surface area contributed by atoms with Gasteiger partial charge < -0.3 is 15.1 Å². The van der Waals surface area contributed by atoms with Crippen molar-refractivity contribution in [1.29, 1.82) is 5.26 Å². The minimum absolute atomic E-state index is 0.0453. The van der Waals surface area contributed by atoms with Gasteiger partial charge in [-0.2, -0.15) is 5.26 Å². The zero-order valence-corrected chi connectivity index (χ0v) is 13.4. The highest BCUT2D eigenvalue weighted by molar-refractivity contribution is 7.99. The Morgan fingerprint density at radius 1 is 1.26 bits per heavy atom. The highest BCUT2D eigenvalue weighted by Crippen LogP contribution is 2.23. The van der Waals surface area contributed by atoms with Crippen LogP contribution >= 0.6 is 11.8 Å². The van der Waals surface area contributed by atoms with E-state index in [1.807, 2.05) is 12.1 Å². The predicted molar refractivity (Wildman–Crippen MR) is 85.7 cm³/mol. The van der Waals surface area contributed by atoms with Gasteiger partial charge in [-0.05, 0) is 17.7 Å². The number of rotatable bonds is 5. The number of hydrogen-bond donors (Lipinski definition) is 2. The van der Waals surface area contributed by atoms with Crippen molar-refractivity contribution in [3.05, 3.63) is 35.4 Å². The second kappa shape index (κ2) is 7.49. The molecule has 1 aliphatic heterocycles. The van der Waals surface area contributed by atoms with Crippen molar-refractivity contribution >= 4 is 23.6 Å². The molecule has 1 aromatic rings. The van der Waals surface area contributed by atoms with E-state index >= 15 is 0 Å². The van der Waals surface area contributed by atoms with Crippen LogP contribution in [0.4, 0.5) is 0 Å². The third-order valence-electron chi connectivity index (χ3n) is 3.92. The van der Waals surface area contributed by atoms with E-state index in [2.05, 4.69) is 6.07 Å². The van der Waals surface area contributed by atoms with E-state index in [9.17, 15) is 14.7 Å². The second-order valence-corrected chi connectivity index (χ2v) is 6.50. The summed E-state index contributed by atoms with van der Waals surface area (Å²) in [5.74, 6) is -0.286. The second-order valence-electron chi connectivity index (χ2n) is 5.52. The van der Waals surface area contributed by atoms with Gasteiger partial charge in [0.2, 0.25) is 5.91 Å². The van der Waals surface area contributed by atoms with Gasteiger partial charge in [-0.3, -0.25) is 4.79 Å². The lowest BCUT2D eigenvalue weighted by molar-refractivity contribution is -0.165. The zero-order chi connectivity index (χ0) is 16.9. The number of amides is 1. The Morgan fingerprint density at radius 2 is 1.87 bits per heavy atom. The largest absolute Gasteiger partial charge is 0.479 e. The Bertz CT molecular complexity index is 616. The molecular formula is C16H18N2O4S. The zero-order valence-electron chi connectivity index (χ0n) is 12.6. The standard InChI is InChI=1S/C16H18N2O4S/c17-9-12-1-3-13(4-2-12)10-23-11-14(19)18-7-5-16(22,6-8-18)15(20)21/h1-4,22H,5-8,10-11H2,(H,20,21). The van der Waals surface area contributed by atoms with Crippen LogP contribution in [0.1, 0.15) is 24.0 Å². The third-order valence-corrected chi connectivity index (χ3v) is 4.91. The molecule has 0 bridgehead atoms. The summed E-state index contributed by atoms with van der Waals surface area (Å²) in [7, 11) is 0. The molecule has 2 N–H and O–H groups in total. The number of hydrogen-bond acceptors (Lipinski definition) is 5. The molecule has 0 saturated carbocycles. The maximum absolute atomic E-state index is 12.1. The van der Waals surface area contributed by atoms with Crippen molar-refractivity contribution in [2.24, 2.45) is 0 Å². The summed E-state index contributed by atoms with van der Waals surface area (Å²) in [5.41, 5.74) is -0.0541. The van der Waals surface area contributed by atoms with E-state index in [1.54, 1.807) is 17.0 Å². The summed E-state index contributed by atoms with van der Waals surface area (Å²) in [6.45, 7) is 0.526. The van der Waals surface area contributed by atoms with Gasteiger partial charge in [0.25, 0.3) is 0 Å². The van der Waals surface area contributed by atoms with Crippen molar-refractivity contribution in [2.75, 3.05) is 18.8 Å². The molecule has 122 valence electrons. The summed E-state index contributed by atoms with van der Waals surface area (Å²) < 4.78 is 0. The summed E-state index contributed by atoms with van der Waals surface area (Å²) in [6.07, 6.45) is 0.128. The number of benzene rings is 1. The number of carbonyl (C=O) groups is 2. The monoisotopic (exact) mass is 334 g/mol. The lowest BCUT2D eigenvalue weighted by atomic mass is 9.92. The maximum Gasteiger partial charge on any atom is 0.335 e. The first-order valence-corrected chi connectivity index (χ1v) is 8.40. The van der Waals surface area contributed by atoms with Crippen molar-refractivity contribution in [3.8, 4) is 6.07 Å². The average molecular weight is 334 g/mol. The average Bonchev–Trinajstić information content (AvgIpc) is 2.56. The first-order chi connectivity index (χ1) is 10.9. The number of likely N-dealkylation sites (tertiary alicyclic amines) is 1. The van der Waals surface area contributed by atoms with E-state index in [0.29, 0.717) is 17.1 Å². The molecule has 0 spiro atoms. The first kappa shape index (κ1) is 17.3. The minimum atomic E-state index is -1.70. The lowest BCUT2D eigenvalue weighted by Crippen LogP contribution is -2.51. The van der Waals surface area contributed by atoms with Gasteiger partial charge in [0, 0.05) is 31.7 Å². The van der Waals surface area contributed by atoms with E-state index in [0.717, 1.165) is 5.56 Å². The number of carbonyl (C=O) groups excluding carboxylic acids is 1. The molecule has 2 rings (SSSR count). The Labute approximate surface area is 138 Å². The number of thioether (sulfide) groups is 1. The van der Waals surface area contributed by atoms with Gasteiger partial charge in [-0.15, -0.1) is 11.8 Å². The van der Waals surface area contributed by atoms with Gasteiger partial charge in [0.1, 0.15) is 0 Å². The number of aliphatic carboxylic acids is 1. The summed E-state index contributed by atoms with van der Waals surface area (Å²) in [5, 5.41) is 27.5. The highest BCUT2D eigenvalue weighted by Gasteiger charge is 2.40. The van der Waals surface area contributed by atoms with Gasteiger partial charge in [-0.1, -0.05) is 12.1 Å². The quantitative estimate of drug-likeness (QED) is 0.840.